The van der Waals surface area contributed by atoms with Crippen LogP contribution in [0.25, 0.3) is 0 Å². The maximum Gasteiger partial charge on any atom is 0.460 e. The van der Waals surface area contributed by atoms with Gasteiger partial charge in [0.05, 0.1) is 0 Å². The number of alkyl halides is 9. The van der Waals surface area contributed by atoms with Crippen molar-refractivity contribution in [2.24, 2.45) is 0 Å². The lowest BCUT2D eigenvalue weighted by molar-refractivity contribution is -0.387. The van der Waals surface area contributed by atoms with Gasteiger partial charge in [0.2, 0.25) is 0 Å². The van der Waals surface area contributed by atoms with Crippen LogP contribution in [0.5, 0.6) is 0 Å². The first kappa shape index (κ1) is 20.4. The zero-order chi connectivity index (χ0) is 17.1. The molecule has 0 unspecified atom stereocenters. The van der Waals surface area contributed by atoms with E-state index in [1.54, 1.807) is 6.92 Å². The maximum absolute atomic E-state index is 13.0. The van der Waals surface area contributed by atoms with Crippen LogP contribution in [0.3, 0.4) is 0 Å². The van der Waals surface area contributed by atoms with Crippen LogP contribution in [-0.2, 0) is 4.79 Å². The van der Waals surface area contributed by atoms with Crippen LogP contribution in [-0.4, -0.2) is 34.8 Å². The van der Waals surface area contributed by atoms with Gasteiger partial charge >= 0.3 is 23.9 Å². The Labute approximate surface area is 118 Å². The van der Waals surface area contributed by atoms with Gasteiger partial charge in [-0.2, -0.15) is 39.5 Å². The zero-order valence-electron chi connectivity index (χ0n) is 10.5. The molecular formula is C10H11F9OS. The normalized spacial score (nSPS) is 14.4. The number of rotatable bonds is 7. The highest BCUT2D eigenvalue weighted by Gasteiger charge is 2.83. The van der Waals surface area contributed by atoms with E-state index in [9.17, 15) is 44.3 Å². The standard InChI is InChI=1S/C10H11F9OS/c1-2-3-4-5-21-6(20)7(11,12)8(13,14)9(15,16)10(17,18)19/h2-5H2,1H3. The minimum atomic E-state index is -7.02. The first-order chi connectivity index (χ1) is 9.23. The number of unbranched alkanes of at least 4 members (excludes halogenated alkanes) is 2. The smallest absolute Gasteiger partial charge is 0.280 e. The van der Waals surface area contributed by atoms with Gasteiger partial charge in [-0.3, -0.25) is 4.79 Å². The number of carbonyl (C=O) groups is 1. The topological polar surface area (TPSA) is 17.1 Å². The van der Waals surface area contributed by atoms with Crippen LogP contribution < -0.4 is 0 Å². The predicted octanol–water partition coefficient (Wildman–Crippen LogP) is 4.90. The third-order valence-corrected chi connectivity index (χ3v) is 3.39. The monoisotopic (exact) mass is 350 g/mol. The van der Waals surface area contributed by atoms with Crippen LogP contribution >= 0.6 is 11.8 Å². The van der Waals surface area contributed by atoms with Gasteiger partial charge in [0.25, 0.3) is 5.12 Å². The van der Waals surface area contributed by atoms with E-state index in [1.807, 2.05) is 0 Å². The fourth-order valence-corrected chi connectivity index (χ4v) is 1.95. The van der Waals surface area contributed by atoms with Crippen LogP contribution in [0.1, 0.15) is 26.2 Å². The summed E-state index contributed by atoms with van der Waals surface area (Å²) < 4.78 is 112. The van der Waals surface area contributed by atoms with Gasteiger partial charge in [-0.25, -0.2) is 0 Å². The lowest BCUT2D eigenvalue weighted by Gasteiger charge is -2.32. The summed E-state index contributed by atoms with van der Waals surface area (Å²) in [6.45, 7) is 1.71. The van der Waals surface area contributed by atoms with Crippen molar-refractivity contribution >= 4 is 16.9 Å². The van der Waals surface area contributed by atoms with E-state index in [2.05, 4.69) is 0 Å². The molecule has 0 heterocycles. The molecule has 0 saturated heterocycles. The highest BCUT2D eigenvalue weighted by Crippen LogP contribution is 2.54. The summed E-state index contributed by atoms with van der Waals surface area (Å²) in [5, 5.41) is -2.72. The van der Waals surface area contributed by atoms with Crippen molar-refractivity contribution < 1.29 is 44.3 Å². The van der Waals surface area contributed by atoms with Crippen LogP contribution in [0.2, 0.25) is 0 Å². The quantitative estimate of drug-likeness (QED) is 0.480. The molecule has 21 heavy (non-hydrogen) atoms. The molecule has 0 aliphatic heterocycles. The summed E-state index contributed by atoms with van der Waals surface area (Å²) in [7, 11) is 0. The molecule has 0 fully saturated rings. The molecule has 0 aromatic rings. The minimum Gasteiger partial charge on any atom is -0.280 e. The fraction of sp³-hybridized carbons (Fsp3) is 0.900. The second kappa shape index (κ2) is 6.66. The Kier molecular flexibility index (Phi) is 6.46. The van der Waals surface area contributed by atoms with E-state index >= 15 is 0 Å². The number of thioether (sulfide) groups is 1. The maximum atomic E-state index is 13.0. The second-order valence-corrected chi connectivity index (χ2v) is 5.13. The van der Waals surface area contributed by atoms with Crippen molar-refractivity contribution in [1.29, 1.82) is 0 Å². The van der Waals surface area contributed by atoms with Gasteiger partial charge < -0.3 is 0 Å². The third kappa shape index (κ3) is 3.98. The Morgan fingerprint density at radius 3 is 1.71 bits per heavy atom. The minimum absolute atomic E-state index is 0.157. The van der Waals surface area contributed by atoms with Gasteiger partial charge in [-0.15, -0.1) is 0 Å². The Hall–Kier alpha value is -0.610. The molecule has 0 bridgehead atoms. The van der Waals surface area contributed by atoms with E-state index in [4.69, 9.17) is 0 Å². The summed E-state index contributed by atoms with van der Waals surface area (Å²) in [5.74, 6) is -20.4. The van der Waals surface area contributed by atoms with Gasteiger partial charge in [-0.1, -0.05) is 31.5 Å². The molecule has 0 amide bonds. The fourth-order valence-electron chi connectivity index (χ4n) is 1.11. The van der Waals surface area contributed by atoms with Crippen LogP contribution in [0.15, 0.2) is 0 Å². The van der Waals surface area contributed by atoms with Gasteiger partial charge in [0, 0.05) is 5.75 Å². The molecule has 0 aromatic heterocycles. The van der Waals surface area contributed by atoms with E-state index in [1.165, 1.54) is 0 Å². The molecule has 0 N–H and O–H groups in total. The highest BCUT2D eigenvalue weighted by molar-refractivity contribution is 8.13. The summed E-state index contributed by atoms with van der Waals surface area (Å²) in [4.78, 5) is 10.9. The lowest BCUT2D eigenvalue weighted by Crippen LogP contribution is -2.63. The number of halogens is 9. The van der Waals surface area contributed by atoms with Crippen LogP contribution in [0, 0.1) is 0 Å². The number of hydrogen-bond donors (Lipinski definition) is 0. The predicted molar refractivity (Wildman–Crippen MR) is 57.9 cm³/mol. The first-order valence-electron chi connectivity index (χ1n) is 5.60. The average Bonchev–Trinajstić information content (AvgIpc) is 2.32. The molecule has 126 valence electrons. The van der Waals surface area contributed by atoms with Gasteiger partial charge in [-0.05, 0) is 6.42 Å². The molecule has 1 nitrogen and oxygen atoms in total. The van der Waals surface area contributed by atoms with Crippen molar-refractivity contribution in [2.75, 3.05) is 5.75 Å². The summed E-state index contributed by atoms with van der Waals surface area (Å²) >= 11 is -0.393. The van der Waals surface area contributed by atoms with Crippen molar-refractivity contribution in [2.45, 2.75) is 50.1 Å². The SMILES string of the molecule is CCCCCSC(=O)C(F)(F)C(F)(F)C(F)(F)C(F)(F)F. The number of hydrogen-bond acceptors (Lipinski definition) is 2. The Morgan fingerprint density at radius 1 is 0.857 bits per heavy atom. The third-order valence-electron chi connectivity index (χ3n) is 2.38. The summed E-state index contributed by atoms with van der Waals surface area (Å²) in [5.41, 5.74) is 0. The highest BCUT2D eigenvalue weighted by atomic mass is 32.2. The Morgan fingerprint density at radius 2 is 1.33 bits per heavy atom. The average molecular weight is 350 g/mol. The molecule has 0 atom stereocenters. The summed E-state index contributed by atoms with van der Waals surface area (Å²) in [6.07, 6.45) is -5.69. The zero-order valence-corrected chi connectivity index (χ0v) is 11.4. The van der Waals surface area contributed by atoms with Gasteiger partial charge in [0.1, 0.15) is 0 Å². The van der Waals surface area contributed by atoms with E-state index < -0.39 is 40.8 Å². The van der Waals surface area contributed by atoms with Crippen molar-refractivity contribution in [1.82, 2.24) is 0 Å². The van der Waals surface area contributed by atoms with Gasteiger partial charge in [0.15, 0.2) is 0 Å². The van der Waals surface area contributed by atoms with E-state index in [0.717, 1.165) is 0 Å². The number of carbonyl (C=O) groups excluding carboxylic acids is 1. The largest absolute Gasteiger partial charge is 0.460 e. The van der Waals surface area contributed by atoms with Crippen molar-refractivity contribution in [3.63, 3.8) is 0 Å². The van der Waals surface area contributed by atoms with Crippen molar-refractivity contribution in [3.05, 3.63) is 0 Å². The first-order valence-corrected chi connectivity index (χ1v) is 6.59. The molecule has 0 radical (unpaired) electrons. The molecule has 0 aliphatic rings. The summed E-state index contributed by atoms with van der Waals surface area (Å²) in [6, 6.07) is 0. The molecule has 0 rings (SSSR count). The molecular weight excluding hydrogens is 339 g/mol. The second-order valence-electron chi connectivity index (χ2n) is 4.06. The lowest BCUT2D eigenvalue weighted by atomic mass is 10.1. The van der Waals surface area contributed by atoms with E-state index in [0.29, 0.717) is 12.8 Å². The molecule has 0 spiro atoms. The molecule has 0 aliphatic carbocycles. The Balaban J connectivity index is 5.15. The molecule has 11 heteroatoms. The van der Waals surface area contributed by atoms with Crippen molar-refractivity contribution in [3.8, 4) is 0 Å². The molecule has 0 aromatic carbocycles. The molecule has 0 saturated carbocycles. The van der Waals surface area contributed by atoms with E-state index in [-0.39, 0.29) is 12.2 Å². The van der Waals surface area contributed by atoms with Crippen LogP contribution in [0.4, 0.5) is 39.5 Å². The Bertz CT molecular complexity index is 364.